The monoisotopic (exact) mass is 238 g/mol. The van der Waals surface area contributed by atoms with E-state index in [-0.39, 0.29) is 0 Å². The van der Waals surface area contributed by atoms with E-state index in [4.69, 9.17) is 0 Å². The number of hydrogen-bond donors (Lipinski definition) is 1. The fourth-order valence-electron chi connectivity index (χ4n) is 1.42. The summed E-state index contributed by atoms with van der Waals surface area (Å²) in [6.07, 6.45) is 3.12. The highest BCUT2D eigenvalue weighted by Crippen LogP contribution is 2.26. The Labute approximate surface area is 98.1 Å². The van der Waals surface area contributed by atoms with Crippen LogP contribution in [0.2, 0.25) is 0 Å². The van der Waals surface area contributed by atoms with Crippen LogP contribution in [0.15, 0.2) is 23.1 Å². The Balaban J connectivity index is 2.29. The molecule has 80 valence electrons. The molecule has 0 saturated carbocycles. The summed E-state index contributed by atoms with van der Waals surface area (Å²) in [4.78, 5) is 5.91. The smallest absolute Gasteiger partial charge is 0.0951 e. The van der Waals surface area contributed by atoms with Crippen molar-refractivity contribution in [1.82, 2.24) is 10.3 Å². The van der Waals surface area contributed by atoms with Gasteiger partial charge >= 0.3 is 0 Å². The van der Waals surface area contributed by atoms with E-state index in [1.54, 1.807) is 23.1 Å². The highest BCUT2D eigenvalue weighted by Gasteiger charge is 2.03. The van der Waals surface area contributed by atoms with Crippen molar-refractivity contribution >= 4 is 33.3 Å². The van der Waals surface area contributed by atoms with Crippen LogP contribution in [0.1, 0.15) is 5.01 Å². The summed E-state index contributed by atoms with van der Waals surface area (Å²) in [5, 5.41) is 4.37. The lowest BCUT2D eigenvalue weighted by atomic mass is 10.3. The van der Waals surface area contributed by atoms with E-state index in [1.165, 1.54) is 14.6 Å². The number of nitrogens with zero attached hydrogens (tertiary/aromatic N) is 1. The number of nitrogens with one attached hydrogen (secondary N) is 1. The molecule has 2 aromatic rings. The molecule has 4 heteroatoms. The highest BCUT2D eigenvalue weighted by molar-refractivity contribution is 7.98. The lowest BCUT2D eigenvalue weighted by Gasteiger charge is -1.93. The minimum Gasteiger partial charge on any atom is -0.319 e. The van der Waals surface area contributed by atoms with Crippen molar-refractivity contribution in [3.05, 3.63) is 23.2 Å². The van der Waals surface area contributed by atoms with Crippen LogP contribution < -0.4 is 5.32 Å². The molecule has 0 aliphatic rings. The molecule has 1 heterocycles. The van der Waals surface area contributed by atoms with Crippen LogP contribution >= 0.6 is 23.1 Å². The van der Waals surface area contributed by atoms with Crippen LogP contribution in [0.5, 0.6) is 0 Å². The van der Waals surface area contributed by atoms with Gasteiger partial charge in [0.15, 0.2) is 0 Å². The Kier molecular flexibility index (Phi) is 3.61. The zero-order chi connectivity index (χ0) is 10.7. The first-order chi connectivity index (χ1) is 7.33. The minimum absolute atomic E-state index is 0.995. The van der Waals surface area contributed by atoms with E-state index in [9.17, 15) is 0 Å². The Morgan fingerprint density at radius 2 is 2.33 bits per heavy atom. The number of hydrogen-bond acceptors (Lipinski definition) is 4. The number of thiazole rings is 1. The summed E-state index contributed by atoms with van der Waals surface area (Å²) >= 11 is 3.58. The summed E-state index contributed by atoms with van der Waals surface area (Å²) in [7, 11) is 1.97. The van der Waals surface area contributed by atoms with E-state index >= 15 is 0 Å². The van der Waals surface area contributed by atoms with Crippen molar-refractivity contribution in [3.63, 3.8) is 0 Å². The molecule has 2 nitrogen and oxygen atoms in total. The van der Waals surface area contributed by atoms with Crippen molar-refractivity contribution in [3.8, 4) is 0 Å². The Bertz CT molecular complexity index is 451. The lowest BCUT2D eigenvalue weighted by Crippen LogP contribution is -2.09. The van der Waals surface area contributed by atoms with Crippen molar-refractivity contribution in [2.75, 3.05) is 19.8 Å². The predicted molar refractivity (Wildman–Crippen MR) is 69.0 cm³/mol. The molecule has 1 aromatic heterocycles. The fourth-order valence-corrected chi connectivity index (χ4v) is 2.94. The van der Waals surface area contributed by atoms with Gasteiger partial charge in [0.2, 0.25) is 0 Å². The van der Waals surface area contributed by atoms with Gasteiger partial charge in [-0.15, -0.1) is 23.1 Å². The summed E-state index contributed by atoms with van der Waals surface area (Å²) in [5.41, 5.74) is 1.13. The molecule has 0 radical (unpaired) electrons. The number of likely N-dealkylation sites (N-methyl/N-ethyl adjacent to an activating group) is 1. The maximum absolute atomic E-state index is 4.59. The fraction of sp³-hybridized carbons (Fsp3) is 0.364. The summed E-state index contributed by atoms with van der Waals surface area (Å²) < 4.78 is 1.30. The molecule has 0 unspecified atom stereocenters. The van der Waals surface area contributed by atoms with E-state index < -0.39 is 0 Å². The summed E-state index contributed by atoms with van der Waals surface area (Å²) in [6.45, 7) is 0.995. The van der Waals surface area contributed by atoms with Crippen molar-refractivity contribution < 1.29 is 0 Å². The average molecular weight is 238 g/mol. The minimum atomic E-state index is 0.995. The van der Waals surface area contributed by atoms with E-state index in [0.29, 0.717) is 0 Å². The molecule has 0 aliphatic carbocycles. The maximum atomic E-state index is 4.59. The first kappa shape index (κ1) is 10.9. The molecule has 0 saturated heterocycles. The van der Waals surface area contributed by atoms with Crippen LogP contribution in [0.3, 0.4) is 0 Å². The van der Waals surface area contributed by atoms with Crippen molar-refractivity contribution in [1.29, 1.82) is 0 Å². The van der Waals surface area contributed by atoms with Crippen molar-refractivity contribution in [2.45, 2.75) is 11.3 Å². The first-order valence-corrected chi connectivity index (χ1v) is 6.95. The third kappa shape index (κ3) is 2.51. The SMILES string of the molecule is CNCCc1nc2ccc(SC)cc2s1. The standard InChI is InChI=1S/C11H14N2S2/c1-12-6-5-11-13-9-4-3-8(14-2)7-10(9)15-11/h3-4,7,12H,5-6H2,1-2H3. The summed E-state index contributed by atoms with van der Waals surface area (Å²) in [5.74, 6) is 0. The number of rotatable bonds is 4. The van der Waals surface area contributed by atoms with Crippen LogP contribution in [0, 0.1) is 0 Å². The number of fused-ring (bicyclic) bond motifs is 1. The van der Waals surface area contributed by atoms with Gasteiger partial charge in [0, 0.05) is 17.9 Å². The second-order valence-electron chi connectivity index (χ2n) is 3.29. The molecule has 0 fully saturated rings. The van der Waals surface area contributed by atoms with Gasteiger partial charge in [-0.2, -0.15) is 0 Å². The van der Waals surface area contributed by atoms with Crippen LogP contribution in [-0.4, -0.2) is 24.8 Å². The van der Waals surface area contributed by atoms with E-state index in [0.717, 1.165) is 18.5 Å². The van der Waals surface area contributed by atoms with Gasteiger partial charge in [-0.3, -0.25) is 0 Å². The molecule has 0 aliphatic heterocycles. The first-order valence-electron chi connectivity index (χ1n) is 4.91. The normalized spacial score (nSPS) is 11.1. The van der Waals surface area contributed by atoms with Gasteiger partial charge in [0.05, 0.1) is 15.2 Å². The van der Waals surface area contributed by atoms with Gasteiger partial charge in [0.25, 0.3) is 0 Å². The molecular formula is C11H14N2S2. The van der Waals surface area contributed by atoms with Gasteiger partial charge in [0.1, 0.15) is 0 Å². The predicted octanol–water partition coefficient (Wildman–Crippen LogP) is 2.78. The quantitative estimate of drug-likeness (QED) is 0.829. The maximum Gasteiger partial charge on any atom is 0.0951 e. The third-order valence-electron chi connectivity index (χ3n) is 2.23. The highest BCUT2D eigenvalue weighted by atomic mass is 32.2. The van der Waals surface area contributed by atoms with Gasteiger partial charge in [-0.25, -0.2) is 4.98 Å². The topological polar surface area (TPSA) is 24.9 Å². The average Bonchev–Trinajstić information content (AvgIpc) is 2.67. The lowest BCUT2D eigenvalue weighted by molar-refractivity contribution is 0.789. The molecule has 0 atom stereocenters. The third-order valence-corrected chi connectivity index (χ3v) is 4.03. The molecular weight excluding hydrogens is 224 g/mol. The van der Waals surface area contributed by atoms with Gasteiger partial charge < -0.3 is 5.32 Å². The molecule has 1 N–H and O–H groups in total. The van der Waals surface area contributed by atoms with E-state index in [1.807, 2.05) is 7.05 Å². The van der Waals surface area contributed by atoms with E-state index in [2.05, 4.69) is 34.8 Å². The van der Waals surface area contributed by atoms with Crippen LogP contribution in [0.25, 0.3) is 10.2 Å². The molecule has 0 spiro atoms. The van der Waals surface area contributed by atoms with Crippen molar-refractivity contribution in [2.24, 2.45) is 0 Å². The molecule has 0 amide bonds. The second-order valence-corrected chi connectivity index (χ2v) is 5.29. The van der Waals surface area contributed by atoms with Crippen LogP contribution in [0.4, 0.5) is 0 Å². The number of thioether (sulfide) groups is 1. The van der Waals surface area contributed by atoms with Gasteiger partial charge in [-0.05, 0) is 31.5 Å². The Hall–Kier alpha value is -0.580. The zero-order valence-corrected chi connectivity index (χ0v) is 10.5. The molecule has 2 rings (SSSR count). The molecule has 15 heavy (non-hydrogen) atoms. The Morgan fingerprint density at radius 1 is 1.47 bits per heavy atom. The number of aromatic nitrogens is 1. The summed E-state index contributed by atoms with van der Waals surface area (Å²) in [6, 6.07) is 6.47. The second kappa shape index (κ2) is 4.96. The zero-order valence-electron chi connectivity index (χ0n) is 8.91. The Morgan fingerprint density at radius 3 is 3.07 bits per heavy atom. The van der Waals surface area contributed by atoms with Gasteiger partial charge in [-0.1, -0.05) is 0 Å². The van der Waals surface area contributed by atoms with Crippen LogP contribution in [-0.2, 0) is 6.42 Å². The number of benzene rings is 1. The largest absolute Gasteiger partial charge is 0.319 e. The molecule has 0 bridgehead atoms. The molecule has 1 aromatic carbocycles.